The van der Waals surface area contributed by atoms with Crippen molar-refractivity contribution in [2.24, 2.45) is 0 Å². The maximum atomic E-state index is 12.4. The van der Waals surface area contributed by atoms with Crippen LogP contribution in [-0.2, 0) is 14.3 Å². The summed E-state index contributed by atoms with van der Waals surface area (Å²) >= 11 is 0. The third-order valence-corrected chi connectivity index (χ3v) is 4.35. The Hall–Kier alpha value is -2.57. The fourth-order valence-corrected chi connectivity index (χ4v) is 2.99. The van der Waals surface area contributed by atoms with E-state index in [1.54, 1.807) is 45.9 Å². The van der Waals surface area contributed by atoms with Gasteiger partial charge in [-0.15, -0.1) is 0 Å². The summed E-state index contributed by atoms with van der Waals surface area (Å²) < 4.78 is 10.5. The fraction of sp³-hybridized carbons (Fsp3) is 0.571. The molecule has 28 heavy (non-hydrogen) atoms. The van der Waals surface area contributed by atoms with Gasteiger partial charge in [-0.25, -0.2) is 9.59 Å². The van der Waals surface area contributed by atoms with Gasteiger partial charge in [-0.3, -0.25) is 10.1 Å². The molecular weight excluding hydrogens is 360 g/mol. The van der Waals surface area contributed by atoms with Crippen LogP contribution in [0.1, 0.15) is 70.2 Å². The van der Waals surface area contributed by atoms with Crippen molar-refractivity contribution in [2.75, 3.05) is 5.32 Å². The minimum Gasteiger partial charge on any atom is -0.449 e. The van der Waals surface area contributed by atoms with Gasteiger partial charge >= 0.3 is 12.1 Å². The Morgan fingerprint density at radius 2 is 1.79 bits per heavy atom. The quantitative estimate of drug-likeness (QED) is 0.741. The summed E-state index contributed by atoms with van der Waals surface area (Å²) in [6.45, 7) is 6.85. The van der Waals surface area contributed by atoms with E-state index in [0.717, 1.165) is 25.7 Å². The lowest BCUT2D eigenvalue weighted by Gasteiger charge is -2.24. The lowest BCUT2D eigenvalue weighted by Crippen LogP contribution is -2.42. The summed E-state index contributed by atoms with van der Waals surface area (Å²) in [5.74, 6) is -0.914. The lowest BCUT2D eigenvalue weighted by atomic mass is 9.95. The van der Waals surface area contributed by atoms with E-state index in [9.17, 15) is 14.4 Å². The summed E-state index contributed by atoms with van der Waals surface area (Å²) in [4.78, 5) is 36.5. The number of hydrogen-bond acceptors (Lipinski definition) is 5. The number of carbonyl (C=O) groups excluding carboxylic acids is 3. The number of anilines is 1. The van der Waals surface area contributed by atoms with Gasteiger partial charge in [0, 0.05) is 11.7 Å². The van der Waals surface area contributed by atoms with Crippen LogP contribution >= 0.6 is 0 Å². The molecule has 7 heteroatoms. The van der Waals surface area contributed by atoms with Crippen molar-refractivity contribution in [1.29, 1.82) is 0 Å². The molecule has 0 saturated heterocycles. The highest BCUT2D eigenvalue weighted by Crippen LogP contribution is 2.18. The van der Waals surface area contributed by atoms with Gasteiger partial charge in [-0.2, -0.15) is 0 Å². The van der Waals surface area contributed by atoms with Crippen LogP contribution in [0, 0.1) is 0 Å². The first-order valence-corrected chi connectivity index (χ1v) is 9.75. The SMILES string of the molecule is C[C@@H](OC(=O)c1cccc(NC(=O)OC(C)(C)C)c1)C(=O)NC1CCCCC1. The molecule has 7 nitrogen and oxygen atoms in total. The zero-order chi connectivity index (χ0) is 20.7. The van der Waals surface area contributed by atoms with Gasteiger partial charge < -0.3 is 14.8 Å². The number of nitrogens with one attached hydrogen (secondary N) is 2. The highest BCUT2D eigenvalue weighted by Gasteiger charge is 2.23. The molecule has 154 valence electrons. The smallest absolute Gasteiger partial charge is 0.412 e. The van der Waals surface area contributed by atoms with Gasteiger partial charge in [0.1, 0.15) is 5.60 Å². The molecule has 0 heterocycles. The van der Waals surface area contributed by atoms with Crippen LogP contribution in [0.5, 0.6) is 0 Å². The third kappa shape index (κ3) is 7.21. The number of benzene rings is 1. The van der Waals surface area contributed by atoms with E-state index >= 15 is 0 Å². The van der Waals surface area contributed by atoms with E-state index < -0.39 is 23.8 Å². The number of carbonyl (C=O) groups is 3. The molecule has 0 unspecified atom stereocenters. The summed E-state index contributed by atoms with van der Waals surface area (Å²) in [6, 6.07) is 6.46. The molecule has 1 aromatic carbocycles. The Labute approximate surface area is 166 Å². The molecule has 0 spiro atoms. The van der Waals surface area contributed by atoms with Crippen LogP contribution in [0.15, 0.2) is 24.3 Å². The molecule has 1 aliphatic rings. The first-order chi connectivity index (χ1) is 13.1. The van der Waals surface area contributed by atoms with Gasteiger partial charge in [0.15, 0.2) is 6.10 Å². The topological polar surface area (TPSA) is 93.7 Å². The van der Waals surface area contributed by atoms with Crippen LogP contribution in [0.25, 0.3) is 0 Å². The average molecular weight is 390 g/mol. The van der Waals surface area contributed by atoms with Crippen molar-refractivity contribution in [3.63, 3.8) is 0 Å². The van der Waals surface area contributed by atoms with Gasteiger partial charge in [-0.05, 0) is 58.7 Å². The highest BCUT2D eigenvalue weighted by atomic mass is 16.6. The molecular formula is C21H30N2O5. The molecule has 2 N–H and O–H groups in total. The van der Waals surface area contributed by atoms with Gasteiger partial charge in [-0.1, -0.05) is 25.3 Å². The van der Waals surface area contributed by atoms with Gasteiger partial charge in [0.2, 0.25) is 0 Å². The normalized spacial score (nSPS) is 16.0. The first-order valence-electron chi connectivity index (χ1n) is 9.75. The molecule has 1 atom stereocenters. The second-order valence-corrected chi connectivity index (χ2v) is 8.10. The van der Waals surface area contributed by atoms with Gasteiger partial charge in [0.05, 0.1) is 5.56 Å². The van der Waals surface area contributed by atoms with E-state index in [2.05, 4.69) is 10.6 Å². The molecule has 1 saturated carbocycles. The standard InChI is InChI=1S/C21H30N2O5/c1-14(18(24)22-16-10-6-5-7-11-16)27-19(25)15-9-8-12-17(13-15)23-20(26)28-21(2,3)4/h8-9,12-14,16H,5-7,10-11H2,1-4H3,(H,22,24)(H,23,26)/t14-/m1/s1. The minimum absolute atomic E-state index is 0.156. The lowest BCUT2D eigenvalue weighted by molar-refractivity contribution is -0.130. The number of esters is 1. The summed E-state index contributed by atoms with van der Waals surface area (Å²) in [6.07, 6.45) is 3.84. The Bertz CT molecular complexity index is 705. The van der Waals surface area contributed by atoms with E-state index in [1.165, 1.54) is 12.5 Å². The van der Waals surface area contributed by atoms with Crippen molar-refractivity contribution < 1.29 is 23.9 Å². The van der Waals surface area contributed by atoms with Crippen molar-refractivity contribution in [3.8, 4) is 0 Å². The predicted molar refractivity (Wildman–Crippen MR) is 106 cm³/mol. The Kier molecular flexibility index (Phi) is 7.43. The maximum Gasteiger partial charge on any atom is 0.412 e. The van der Waals surface area contributed by atoms with Gasteiger partial charge in [0.25, 0.3) is 5.91 Å². The number of ether oxygens (including phenoxy) is 2. The zero-order valence-electron chi connectivity index (χ0n) is 17.0. The number of hydrogen-bond donors (Lipinski definition) is 2. The highest BCUT2D eigenvalue weighted by molar-refractivity contribution is 5.94. The molecule has 1 aliphatic carbocycles. The molecule has 0 bridgehead atoms. The van der Waals surface area contributed by atoms with Crippen molar-refractivity contribution in [1.82, 2.24) is 5.32 Å². The van der Waals surface area contributed by atoms with Crippen molar-refractivity contribution >= 4 is 23.7 Å². The van der Waals surface area contributed by atoms with E-state index in [0.29, 0.717) is 5.69 Å². The van der Waals surface area contributed by atoms with Crippen molar-refractivity contribution in [2.45, 2.75) is 77.5 Å². The molecule has 0 aliphatic heterocycles. The number of rotatable bonds is 5. The zero-order valence-corrected chi connectivity index (χ0v) is 17.0. The van der Waals surface area contributed by atoms with Crippen LogP contribution in [0.2, 0.25) is 0 Å². The van der Waals surface area contributed by atoms with Crippen LogP contribution in [0.3, 0.4) is 0 Å². The molecule has 2 amide bonds. The van der Waals surface area contributed by atoms with Crippen molar-refractivity contribution in [3.05, 3.63) is 29.8 Å². The monoisotopic (exact) mass is 390 g/mol. The molecule has 2 rings (SSSR count). The number of amides is 2. The van der Waals surface area contributed by atoms with E-state index in [1.807, 2.05) is 0 Å². The second-order valence-electron chi connectivity index (χ2n) is 8.10. The summed E-state index contributed by atoms with van der Waals surface area (Å²) in [5, 5.41) is 5.52. The Balaban J connectivity index is 1.90. The first kappa shape index (κ1) is 21.7. The largest absolute Gasteiger partial charge is 0.449 e. The summed E-state index contributed by atoms with van der Waals surface area (Å²) in [5.41, 5.74) is 0.0239. The van der Waals surface area contributed by atoms with Crippen LogP contribution in [0.4, 0.5) is 10.5 Å². The minimum atomic E-state index is -0.892. The molecule has 0 radical (unpaired) electrons. The third-order valence-electron chi connectivity index (χ3n) is 4.35. The molecule has 0 aromatic heterocycles. The van der Waals surface area contributed by atoms with Crippen LogP contribution in [-0.4, -0.2) is 35.7 Å². The maximum absolute atomic E-state index is 12.4. The Morgan fingerprint density at radius 1 is 1.11 bits per heavy atom. The molecule has 1 aromatic rings. The summed E-state index contributed by atoms with van der Waals surface area (Å²) in [7, 11) is 0. The van der Waals surface area contributed by atoms with E-state index in [-0.39, 0.29) is 17.5 Å². The second kappa shape index (κ2) is 9.57. The average Bonchev–Trinajstić information content (AvgIpc) is 2.61. The fourth-order valence-electron chi connectivity index (χ4n) is 2.99. The molecule has 1 fully saturated rings. The Morgan fingerprint density at radius 3 is 2.43 bits per heavy atom. The van der Waals surface area contributed by atoms with E-state index in [4.69, 9.17) is 9.47 Å². The predicted octanol–water partition coefficient (Wildman–Crippen LogP) is 4.03. The van der Waals surface area contributed by atoms with Crippen LogP contribution < -0.4 is 10.6 Å².